The van der Waals surface area contributed by atoms with Gasteiger partial charge in [-0.05, 0) is 37.5 Å². The summed E-state index contributed by atoms with van der Waals surface area (Å²) in [5.41, 5.74) is 3.35. The van der Waals surface area contributed by atoms with Crippen LogP contribution in [0.2, 0.25) is 5.02 Å². The maximum Gasteiger partial charge on any atom is 0.220 e. The number of carbonyl (C=O) groups is 1. The molecule has 0 radical (unpaired) electrons. The molecule has 21 heavy (non-hydrogen) atoms. The zero-order chi connectivity index (χ0) is 15.2. The second-order valence-electron chi connectivity index (χ2n) is 5.29. The van der Waals surface area contributed by atoms with E-state index in [0.717, 1.165) is 16.1 Å². The highest BCUT2D eigenvalue weighted by molar-refractivity contribution is 6.31. The highest BCUT2D eigenvalue weighted by Gasteiger charge is 2.10. The normalized spacial score (nSPS) is 12.0. The third-order valence-corrected chi connectivity index (χ3v) is 3.90. The zero-order valence-corrected chi connectivity index (χ0v) is 13.2. The van der Waals surface area contributed by atoms with Gasteiger partial charge in [0.05, 0.1) is 6.04 Å². The minimum absolute atomic E-state index is 0.0179. The van der Waals surface area contributed by atoms with E-state index in [9.17, 15) is 4.79 Å². The Labute approximate surface area is 131 Å². The maximum absolute atomic E-state index is 12.0. The molecular weight excluding hydrogens is 282 g/mol. The molecule has 2 aromatic rings. The van der Waals surface area contributed by atoms with Gasteiger partial charge in [0.1, 0.15) is 0 Å². The molecule has 1 unspecified atom stereocenters. The Morgan fingerprint density at radius 2 is 1.81 bits per heavy atom. The molecule has 110 valence electrons. The summed E-state index contributed by atoms with van der Waals surface area (Å²) in [6, 6.07) is 15.9. The number of aryl methyl sites for hydroxylation is 2. The summed E-state index contributed by atoms with van der Waals surface area (Å²) in [4.78, 5) is 12.0. The highest BCUT2D eigenvalue weighted by Crippen LogP contribution is 2.17. The van der Waals surface area contributed by atoms with E-state index < -0.39 is 0 Å². The van der Waals surface area contributed by atoms with Crippen molar-refractivity contribution in [1.29, 1.82) is 0 Å². The van der Waals surface area contributed by atoms with Crippen molar-refractivity contribution in [3.63, 3.8) is 0 Å². The van der Waals surface area contributed by atoms with Gasteiger partial charge in [0.15, 0.2) is 0 Å². The van der Waals surface area contributed by atoms with Crippen LogP contribution in [0.1, 0.15) is 36.1 Å². The van der Waals surface area contributed by atoms with Gasteiger partial charge in [-0.3, -0.25) is 4.79 Å². The van der Waals surface area contributed by atoms with Gasteiger partial charge in [-0.1, -0.05) is 59.6 Å². The maximum atomic E-state index is 12.0. The summed E-state index contributed by atoms with van der Waals surface area (Å²) < 4.78 is 0. The second kappa shape index (κ2) is 7.28. The second-order valence-corrected chi connectivity index (χ2v) is 5.70. The van der Waals surface area contributed by atoms with Gasteiger partial charge in [-0.25, -0.2) is 0 Å². The average molecular weight is 302 g/mol. The van der Waals surface area contributed by atoms with Crippen LogP contribution in [0.4, 0.5) is 0 Å². The number of nitrogens with one attached hydrogen (secondary N) is 1. The monoisotopic (exact) mass is 301 g/mol. The Morgan fingerprint density at radius 3 is 2.48 bits per heavy atom. The Balaban J connectivity index is 1.87. The first-order valence-corrected chi connectivity index (χ1v) is 7.53. The van der Waals surface area contributed by atoms with Crippen LogP contribution in [0.5, 0.6) is 0 Å². The van der Waals surface area contributed by atoms with Crippen LogP contribution in [-0.4, -0.2) is 5.91 Å². The van der Waals surface area contributed by atoms with E-state index in [1.165, 1.54) is 5.56 Å². The largest absolute Gasteiger partial charge is 0.350 e. The lowest BCUT2D eigenvalue weighted by Crippen LogP contribution is -2.26. The van der Waals surface area contributed by atoms with Crippen LogP contribution < -0.4 is 5.32 Å². The SMILES string of the molecule is Cc1ccc(C(C)NC(=O)CCc2ccccc2Cl)cc1. The van der Waals surface area contributed by atoms with E-state index in [1.807, 2.05) is 43.3 Å². The number of rotatable bonds is 5. The van der Waals surface area contributed by atoms with E-state index in [0.29, 0.717) is 12.8 Å². The molecule has 1 atom stereocenters. The van der Waals surface area contributed by atoms with Crippen molar-refractivity contribution in [2.24, 2.45) is 0 Å². The minimum Gasteiger partial charge on any atom is -0.350 e. The van der Waals surface area contributed by atoms with Crippen molar-refractivity contribution in [2.75, 3.05) is 0 Å². The highest BCUT2D eigenvalue weighted by atomic mass is 35.5. The molecule has 0 saturated heterocycles. The molecule has 1 amide bonds. The molecule has 2 aromatic carbocycles. The third-order valence-electron chi connectivity index (χ3n) is 3.53. The fourth-order valence-electron chi connectivity index (χ4n) is 2.20. The molecule has 0 fully saturated rings. The fraction of sp³-hybridized carbons (Fsp3) is 0.278. The Bertz CT molecular complexity index is 607. The molecule has 1 N–H and O–H groups in total. The van der Waals surface area contributed by atoms with Gasteiger partial charge < -0.3 is 5.32 Å². The molecule has 0 bridgehead atoms. The lowest BCUT2D eigenvalue weighted by atomic mass is 10.1. The first-order chi connectivity index (χ1) is 10.1. The van der Waals surface area contributed by atoms with Gasteiger partial charge in [0, 0.05) is 11.4 Å². The van der Waals surface area contributed by atoms with Gasteiger partial charge >= 0.3 is 0 Å². The Morgan fingerprint density at radius 1 is 1.14 bits per heavy atom. The summed E-state index contributed by atoms with van der Waals surface area (Å²) in [5.74, 6) is 0.0444. The minimum atomic E-state index is 0.0179. The van der Waals surface area contributed by atoms with Crippen LogP contribution >= 0.6 is 11.6 Å². The van der Waals surface area contributed by atoms with Gasteiger partial charge in [-0.2, -0.15) is 0 Å². The molecule has 0 spiro atoms. The first-order valence-electron chi connectivity index (χ1n) is 7.15. The van der Waals surface area contributed by atoms with Crippen LogP contribution in [-0.2, 0) is 11.2 Å². The summed E-state index contributed by atoms with van der Waals surface area (Å²) in [5, 5.41) is 3.74. The van der Waals surface area contributed by atoms with Crippen molar-refractivity contribution >= 4 is 17.5 Å². The molecule has 2 rings (SSSR count). The molecule has 0 heterocycles. The smallest absolute Gasteiger partial charge is 0.220 e. The van der Waals surface area contributed by atoms with Gasteiger partial charge in [0.2, 0.25) is 5.91 Å². The number of hydrogen-bond acceptors (Lipinski definition) is 1. The molecule has 0 aliphatic rings. The Kier molecular flexibility index (Phi) is 5.40. The summed E-state index contributed by atoms with van der Waals surface area (Å²) in [7, 11) is 0. The molecule has 2 nitrogen and oxygen atoms in total. The van der Waals surface area contributed by atoms with E-state index in [1.54, 1.807) is 0 Å². The number of halogens is 1. The number of hydrogen-bond donors (Lipinski definition) is 1. The van der Waals surface area contributed by atoms with Crippen molar-refractivity contribution < 1.29 is 4.79 Å². The van der Waals surface area contributed by atoms with E-state index in [-0.39, 0.29) is 11.9 Å². The van der Waals surface area contributed by atoms with Gasteiger partial charge in [-0.15, -0.1) is 0 Å². The van der Waals surface area contributed by atoms with E-state index in [4.69, 9.17) is 11.6 Å². The zero-order valence-electron chi connectivity index (χ0n) is 12.4. The number of carbonyl (C=O) groups excluding carboxylic acids is 1. The van der Waals surface area contributed by atoms with Crippen LogP contribution in [0.15, 0.2) is 48.5 Å². The standard InChI is InChI=1S/C18H20ClNO/c1-13-7-9-15(10-8-13)14(2)20-18(21)12-11-16-5-3-4-6-17(16)19/h3-10,14H,11-12H2,1-2H3,(H,20,21). The van der Waals surface area contributed by atoms with Crippen molar-refractivity contribution in [2.45, 2.75) is 32.7 Å². The van der Waals surface area contributed by atoms with Crippen LogP contribution in [0.3, 0.4) is 0 Å². The molecule has 0 saturated carbocycles. The number of benzene rings is 2. The van der Waals surface area contributed by atoms with Crippen LogP contribution in [0.25, 0.3) is 0 Å². The average Bonchev–Trinajstić information content (AvgIpc) is 2.47. The Hall–Kier alpha value is -1.80. The molecule has 0 aliphatic heterocycles. The molecule has 0 aromatic heterocycles. The molecular formula is C18H20ClNO. The predicted molar refractivity (Wildman–Crippen MR) is 87.5 cm³/mol. The van der Waals surface area contributed by atoms with E-state index in [2.05, 4.69) is 24.4 Å². The van der Waals surface area contributed by atoms with Gasteiger partial charge in [0.25, 0.3) is 0 Å². The van der Waals surface area contributed by atoms with Crippen molar-refractivity contribution in [1.82, 2.24) is 5.32 Å². The molecule has 0 aliphatic carbocycles. The predicted octanol–water partition coefficient (Wildman–Crippen LogP) is 4.46. The van der Waals surface area contributed by atoms with Crippen LogP contribution in [0, 0.1) is 6.92 Å². The summed E-state index contributed by atoms with van der Waals surface area (Å²) >= 11 is 6.09. The molecule has 3 heteroatoms. The quantitative estimate of drug-likeness (QED) is 0.868. The van der Waals surface area contributed by atoms with E-state index >= 15 is 0 Å². The van der Waals surface area contributed by atoms with Crippen molar-refractivity contribution in [3.8, 4) is 0 Å². The summed E-state index contributed by atoms with van der Waals surface area (Å²) in [6.07, 6.45) is 1.10. The lowest BCUT2D eigenvalue weighted by Gasteiger charge is -2.14. The first kappa shape index (κ1) is 15.6. The summed E-state index contributed by atoms with van der Waals surface area (Å²) in [6.45, 7) is 4.05. The van der Waals surface area contributed by atoms with Crippen molar-refractivity contribution in [3.05, 3.63) is 70.2 Å². The lowest BCUT2D eigenvalue weighted by molar-refractivity contribution is -0.121. The fourth-order valence-corrected chi connectivity index (χ4v) is 2.43. The topological polar surface area (TPSA) is 29.1 Å². The number of amides is 1. The third kappa shape index (κ3) is 4.61.